The summed E-state index contributed by atoms with van der Waals surface area (Å²) < 4.78 is 0. The van der Waals surface area contributed by atoms with Crippen LogP contribution in [0.25, 0.3) is 0 Å². The summed E-state index contributed by atoms with van der Waals surface area (Å²) in [6, 6.07) is 0. The minimum Gasteiger partial charge on any atom is -0.218 e. The number of nitrogens with zero attached hydrogens (tertiary/aromatic N) is 3. The van der Waals surface area contributed by atoms with Crippen LogP contribution in [0.3, 0.4) is 0 Å². The van der Waals surface area contributed by atoms with E-state index in [0.717, 1.165) is 23.9 Å². The maximum absolute atomic E-state index is 4.93. The Balaban J connectivity index is 2.16. The highest BCUT2D eigenvalue weighted by Gasteiger charge is 2.20. The predicted molar refractivity (Wildman–Crippen MR) is 92.2 cm³/mol. The van der Waals surface area contributed by atoms with Crippen LogP contribution in [0, 0.1) is 6.92 Å². The van der Waals surface area contributed by atoms with Crippen LogP contribution in [0.15, 0.2) is 0 Å². The van der Waals surface area contributed by atoms with Gasteiger partial charge in [0.2, 0.25) is 0 Å². The molecule has 0 spiro atoms. The standard InChI is InChI=1S/C19H33N3/c1-4-6-12-16(5-2)18-20-15(3)21-19(22-18)17-13-10-8-7-9-11-14-17/h16-17H,4-14H2,1-3H3. The lowest BCUT2D eigenvalue weighted by molar-refractivity contribution is 0.435. The van der Waals surface area contributed by atoms with Crippen LogP contribution in [-0.4, -0.2) is 15.0 Å². The normalized spacial score (nSPS) is 18.7. The minimum absolute atomic E-state index is 0.508. The van der Waals surface area contributed by atoms with E-state index in [2.05, 4.69) is 18.8 Å². The molecule has 1 fully saturated rings. The first-order chi connectivity index (χ1) is 10.7. The van der Waals surface area contributed by atoms with E-state index in [-0.39, 0.29) is 0 Å². The molecule has 0 saturated heterocycles. The van der Waals surface area contributed by atoms with Crippen molar-refractivity contribution in [2.75, 3.05) is 0 Å². The molecular weight excluding hydrogens is 270 g/mol. The molecule has 3 heteroatoms. The Morgan fingerprint density at radius 3 is 2.27 bits per heavy atom. The molecule has 0 radical (unpaired) electrons. The van der Waals surface area contributed by atoms with Gasteiger partial charge in [0.1, 0.15) is 17.5 Å². The molecule has 3 nitrogen and oxygen atoms in total. The van der Waals surface area contributed by atoms with E-state index in [9.17, 15) is 0 Å². The Kier molecular flexibility index (Phi) is 7.28. The fraction of sp³-hybridized carbons (Fsp3) is 0.842. The van der Waals surface area contributed by atoms with Gasteiger partial charge in [-0.2, -0.15) is 0 Å². The third-order valence-corrected chi connectivity index (χ3v) is 5.02. The molecule has 1 unspecified atom stereocenters. The van der Waals surface area contributed by atoms with Gasteiger partial charge in [0.25, 0.3) is 0 Å². The van der Waals surface area contributed by atoms with Crippen molar-refractivity contribution in [2.24, 2.45) is 0 Å². The SMILES string of the molecule is CCCCC(CC)c1nc(C)nc(C2CCCCCCC2)n1. The van der Waals surface area contributed by atoms with Crippen molar-refractivity contribution in [1.29, 1.82) is 0 Å². The number of rotatable bonds is 6. The molecule has 1 aliphatic carbocycles. The van der Waals surface area contributed by atoms with Crippen molar-refractivity contribution in [2.45, 2.75) is 103 Å². The molecule has 0 aromatic carbocycles. The van der Waals surface area contributed by atoms with Crippen LogP contribution in [0.4, 0.5) is 0 Å². The Morgan fingerprint density at radius 1 is 0.955 bits per heavy atom. The molecule has 0 bridgehead atoms. The molecule has 1 aliphatic rings. The maximum Gasteiger partial charge on any atom is 0.135 e. The third kappa shape index (κ3) is 5.03. The summed E-state index contributed by atoms with van der Waals surface area (Å²) in [6.45, 7) is 6.55. The van der Waals surface area contributed by atoms with E-state index in [4.69, 9.17) is 9.97 Å². The van der Waals surface area contributed by atoms with Gasteiger partial charge in [-0.05, 0) is 32.6 Å². The maximum atomic E-state index is 4.93. The zero-order chi connectivity index (χ0) is 15.8. The summed E-state index contributed by atoms with van der Waals surface area (Å²) in [5.74, 6) is 4.12. The van der Waals surface area contributed by atoms with Gasteiger partial charge < -0.3 is 0 Å². The van der Waals surface area contributed by atoms with Gasteiger partial charge in [0.15, 0.2) is 0 Å². The van der Waals surface area contributed by atoms with Crippen LogP contribution in [0.1, 0.15) is 114 Å². The summed E-state index contributed by atoms with van der Waals surface area (Å²) >= 11 is 0. The lowest BCUT2D eigenvalue weighted by Gasteiger charge is -2.20. The monoisotopic (exact) mass is 303 g/mol. The summed E-state index contributed by atoms with van der Waals surface area (Å²) in [5.41, 5.74) is 0. The molecule has 1 heterocycles. The molecule has 1 aromatic heterocycles. The Labute approximate surface area is 136 Å². The van der Waals surface area contributed by atoms with Gasteiger partial charge in [-0.15, -0.1) is 0 Å². The molecule has 0 N–H and O–H groups in total. The summed E-state index contributed by atoms with van der Waals surface area (Å²) in [6.07, 6.45) is 14.2. The second-order valence-corrected chi connectivity index (χ2v) is 6.89. The second-order valence-electron chi connectivity index (χ2n) is 6.89. The number of unbranched alkanes of at least 4 members (excludes halogenated alkanes) is 1. The first kappa shape index (κ1) is 17.4. The molecule has 124 valence electrons. The van der Waals surface area contributed by atoms with Crippen molar-refractivity contribution >= 4 is 0 Å². The number of hydrogen-bond donors (Lipinski definition) is 0. The summed E-state index contributed by atoms with van der Waals surface area (Å²) in [4.78, 5) is 14.3. The van der Waals surface area contributed by atoms with Gasteiger partial charge in [-0.3, -0.25) is 0 Å². The van der Waals surface area contributed by atoms with Crippen LogP contribution < -0.4 is 0 Å². The van der Waals surface area contributed by atoms with Crippen LogP contribution in [0.5, 0.6) is 0 Å². The van der Waals surface area contributed by atoms with Crippen LogP contribution in [-0.2, 0) is 0 Å². The van der Waals surface area contributed by atoms with Crippen molar-refractivity contribution in [3.63, 3.8) is 0 Å². The Morgan fingerprint density at radius 2 is 1.64 bits per heavy atom. The zero-order valence-electron chi connectivity index (χ0n) is 14.8. The molecule has 0 amide bonds. The average Bonchev–Trinajstić information content (AvgIpc) is 2.47. The molecule has 1 atom stereocenters. The lowest BCUT2D eigenvalue weighted by atomic mass is 9.90. The molecule has 22 heavy (non-hydrogen) atoms. The smallest absolute Gasteiger partial charge is 0.135 e. The van der Waals surface area contributed by atoms with E-state index in [1.165, 1.54) is 64.2 Å². The minimum atomic E-state index is 0.508. The third-order valence-electron chi connectivity index (χ3n) is 5.02. The van der Waals surface area contributed by atoms with E-state index >= 15 is 0 Å². The number of aromatic nitrogens is 3. The van der Waals surface area contributed by atoms with Gasteiger partial charge in [0.05, 0.1) is 0 Å². The average molecular weight is 303 g/mol. The Hall–Kier alpha value is -0.990. The highest BCUT2D eigenvalue weighted by atomic mass is 15.0. The predicted octanol–water partition coefficient (Wildman–Crippen LogP) is 5.69. The fourth-order valence-corrected chi connectivity index (χ4v) is 3.57. The summed E-state index contributed by atoms with van der Waals surface area (Å²) in [7, 11) is 0. The number of hydrogen-bond acceptors (Lipinski definition) is 3. The van der Waals surface area contributed by atoms with Crippen molar-refractivity contribution in [3.8, 4) is 0 Å². The van der Waals surface area contributed by atoms with E-state index in [1.807, 2.05) is 6.92 Å². The van der Waals surface area contributed by atoms with Crippen molar-refractivity contribution in [1.82, 2.24) is 15.0 Å². The highest BCUT2D eigenvalue weighted by Crippen LogP contribution is 2.30. The molecule has 2 rings (SSSR count). The van der Waals surface area contributed by atoms with Crippen molar-refractivity contribution < 1.29 is 0 Å². The van der Waals surface area contributed by atoms with Gasteiger partial charge in [-0.25, -0.2) is 15.0 Å². The van der Waals surface area contributed by atoms with E-state index < -0.39 is 0 Å². The zero-order valence-corrected chi connectivity index (χ0v) is 14.8. The number of aryl methyl sites for hydroxylation is 1. The molecule has 0 aliphatic heterocycles. The highest BCUT2D eigenvalue weighted by molar-refractivity contribution is 5.05. The molecule has 1 saturated carbocycles. The van der Waals surface area contributed by atoms with Crippen molar-refractivity contribution in [3.05, 3.63) is 17.5 Å². The molecular formula is C19H33N3. The van der Waals surface area contributed by atoms with Crippen LogP contribution >= 0.6 is 0 Å². The van der Waals surface area contributed by atoms with Gasteiger partial charge in [-0.1, -0.05) is 58.8 Å². The topological polar surface area (TPSA) is 38.7 Å². The summed E-state index contributed by atoms with van der Waals surface area (Å²) in [5, 5.41) is 0. The second kappa shape index (κ2) is 9.22. The van der Waals surface area contributed by atoms with E-state index in [0.29, 0.717) is 11.8 Å². The largest absolute Gasteiger partial charge is 0.218 e. The molecule has 1 aromatic rings. The fourth-order valence-electron chi connectivity index (χ4n) is 3.57. The Bertz CT molecular complexity index is 436. The van der Waals surface area contributed by atoms with Crippen LogP contribution in [0.2, 0.25) is 0 Å². The van der Waals surface area contributed by atoms with E-state index in [1.54, 1.807) is 0 Å². The first-order valence-corrected chi connectivity index (χ1v) is 9.47. The van der Waals surface area contributed by atoms with Gasteiger partial charge in [0, 0.05) is 11.8 Å². The first-order valence-electron chi connectivity index (χ1n) is 9.47. The lowest BCUT2D eigenvalue weighted by Crippen LogP contribution is -2.14. The van der Waals surface area contributed by atoms with Gasteiger partial charge >= 0.3 is 0 Å². The quantitative estimate of drug-likeness (QED) is 0.677.